The molecule has 1 saturated heterocycles. The second-order valence-electron chi connectivity index (χ2n) is 7.69. The molecule has 0 saturated carbocycles. The normalized spacial score (nSPS) is 14.0. The SMILES string of the molecule is Fc1ccc(Nc2ncnc3nc(Nc4ccc(OCCN5CCCC5)cc4)sc23)cc1Cl. The summed E-state index contributed by atoms with van der Waals surface area (Å²) in [5, 5.41) is 7.20. The van der Waals surface area contributed by atoms with Gasteiger partial charge in [0.05, 0.1) is 5.02 Å². The molecule has 0 aliphatic carbocycles. The van der Waals surface area contributed by atoms with Crippen LogP contribution in [0.3, 0.4) is 0 Å². The number of nitrogens with one attached hydrogen (secondary N) is 2. The fourth-order valence-electron chi connectivity index (χ4n) is 3.66. The average molecular weight is 485 g/mol. The molecule has 0 spiro atoms. The minimum atomic E-state index is -0.470. The molecular weight excluding hydrogens is 463 g/mol. The van der Waals surface area contributed by atoms with Crippen molar-refractivity contribution in [1.82, 2.24) is 19.9 Å². The fraction of sp³-hybridized carbons (Fsp3) is 0.261. The van der Waals surface area contributed by atoms with E-state index < -0.39 is 5.82 Å². The zero-order valence-electron chi connectivity index (χ0n) is 17.7. The van der Waals surface area contributed by atoms with E-state index in [2.05, 4.69) is 30.5 Å². The van der Waals surface area contributed by atoms with Crippen LogP contribution < -0.4 is 15.4 Å². The fourth-order valence-corrected chi connectivity index (χ4v) is 4.73. The van der Waals surface area contributed by atoms with Gasteiger partial charge in [0.1, 0.15) is 29.2 Å². The van der Waals surface area contributed by atoms with E-state index in [0.717, 1.165) is 22.7 Å². The van der Waals surface area contributed by atoms with E-state index in [9.17, 15) is 4.39 Å². The standard InChI is InChI=1S/C23H22ClFN6OS/c24-18-13-16(5-8-19(18)25)28-21-20-22(27-14-26-21)30-23(33-20)29-15-3-6-17(7-4-15)32-12-11-31-9-1-2-10-31/h3-8,13-14H,1-2,9-12H2,(H2,26,27,28,29,30). The molecule has 0 amide bonds. The second-order valence-corrected chi connectivity index (χ2v) is 9.10. The molecule has 1 aliphatic heterocycles. The van der Waals surface area contributed by atoms with Gasteiger partial charge in [-0.3, -0.25) is 4.90 Å². The van der Waals surface area contributed by atoms with Crippen molar-refractivity contribution in [2.75, 3.05) is 36.9 Å². The van der Waals surface area contributed by atoms with E-state index in [0.29, 0.717) is 28.9 Å². The number of aromatic nitrogens is 3. The highest BCUT2D eigenvalue weighted by Gasteiger charge is 2.13. The van der Waals surface area contributed by atoms with Gasteiger partial charge in [0.15, 0.2) is 16.6 Å². The average Bonchev–Trinajstić information content (AvgIpc) is 3.48. The van der Waals surface area contributed by atoms with Crippen molar-refractivity contribution in [2.24, 2.45) is 0 Å². The Kier molecular flexibility index (Phi) is 6.52. The lowest BCUT2D eigenvalue weighted by molar-refractivity contribution is 0.238. The molecule has 2 aromatic carbocycles. The Morgan fingerprint density at radius 2 is 1.82 bits per heavy atom. The highest BCUT2D eigenvalue weighted by atomic mass is 35.5. The van der Waals surface area contributed by atoms with Gasteiger partial charge in [0.2, 0.25) is 0 Å². The number of thiazole rings is 1. The third-order valence-corrected chi connectivity index (χ3v) is 6.61. The molecule has 0 bridgehead atoms. The summed E-state index contributed by atoms with van der Waals surface area (Å²) < 4.78 is 20.1. The molecule has 33 heavy (non-hydrogen) atoms. The molecule has 0 unspecified atom stereocenters. The van der Waals surface area contributed by atoms with Gasteiger partial charge in [0, 0.05) is 17.9 Å². The summed E-state index contributed by atoms with van der Waals surface area (Å²) >= 11 is 7.31. The van der Waals surface area contributed by atoms with Gasteiger partial charge in [0.25, 0.3) is 0 Å². The first-order chi connectivity index (χ1) is 16.1. The van der Waals surface area contributed by atoms with Crippen molar-refractivity contribution in [3.8, 4) is 5.75 Å². The Labute approximate surface area is 199 Å². The Balaban J connectivity index is 1.24. The molecule has 1 aliphatic rings. The Morgan fingerprint density at radius 1 is 1.03 bits per heavy atom. The quantitative estimate of drug-likeness (QED) is 0.325. The highest BCUT2D eigenvalue weighted by Crippen LogP contribution is 2.33. The zero-order chi connectivity index (χ0) is 22.6. The number of halogens is 2. The molecule has 3 heterocycles. The number of anilines is 4. The predicted octanol–water partition coefficient (Wildman–Crippen LogP) is 5.84. The lowest BCUT2D eigenvalue weighted by Crippen LogP contribution is -2.25. The van der Waals surface area contributed by atoms with E-state index in [4.69, 9.17) is 16.3 Å². The lowest BCUT2D eigenvalue weighted by Gasteiger charge is -2.15. The van der Waals surface area contributed by atoms with Crippen molar-refractivity contribution < 1.29 is 9.13 Å². The third-order valence-electron chi connectivity index (χ3n) is 5.35. The van der Waals surface area contributed by atoms with Gasteiger partial charge in [-0.1, -0.05) is 22.9 Å². The van der Waals surface area contributed by atoms with Crippen molar-refractivity contribution in [3.63, 3.8) is 0 Å². The Morgan fingerprint density at radius 3 is 2.61 bits per heavy atom. The molecule has 4 aromatic rings. The number of hydrogen-bond acceptors (Lipinski definition) is 8. The van der Waals surface area contributed by atoms with Gasteiger partial charge >= 0.3 is 0 Å². The van der Waals surface area contributed by atoms with Crippen LogP contribution in [0.5, 0.6) is 5.75 Å². The number of ether oxygens (including phenoxy) is 1. The summed E-state index contributed by atoms with van der Waals surface area (Å²) in [6.07, 6.45) is 4.01. The molecule has 1 fully saturated rings. The Hall–Kier alpha value is -3.01. The first-order valence-corrected chi connectivity index (χ1v) is 11.9. The van der Waals surface area contributed by atoms with E-state index in [1.54, 1.807) is 6.07 Å². The first-order valence-electron chi connectivity index (χ1n) is 10.7. The molecule has 2 aromatic heterocycles. The largest absolute Gasteiger partial charge is 0.492 e. The summed E-state index contributed by atoms with van der Waals surface area (Å²) in [6, 6.07) is 12.2. The van der Waals surface area contributed by atoms with E-state index in [1.165, 1.54) is 55.7 Å². The molecule has 10 heteroatoms. The smallest absolute Gasteiger partial charge is 0.189 e. The first kappa shape index (κ1) is 21.8. The van der Waals surface area contributed by atoms with Crippen LogP contribution in [0.4, 0.5) is 26.7 Å². The van der Waals surface area contributed by atoms with Crippen LogP contribution in [0.15, 0.2) is 48.8 Å². The van der Waals surface area contributed by atoms with Gasteiger partial charge in [-0.15, -0.1) is 0 Å². The summed E-state index contributed by atoms with van der Waals surface area (Å²) in [6.45, 7) is 4.01. The summed E-state index contributed by atoms with van der Waals surface area (Å²) in [5.74, 6) is 0.955. The summed E-state index contributed by atoms with van der Waals surface area (Å²) in [4.78, 5) is 15.5. The lowest BCUT2D eigenvalue weighted by atomic mass is 10.3. The number of hydrogen-bond donors (Lipinski definition) is 2. The summed E-state index contributed by atoms with van der Waals surface area (Å²) in [5.41, 5.74) is 2.09. The molecule has 5 rings (SSSR count). The monoisotopic (exact) mass is 484 g/mol. The van der Waals surface area contributed by atoms with Crippen LogP contribution in [-0.2, 0) is 0 Å². The molecule has 7 nitrogen and oxygen atoms in total. The number of fused-ring (bicyclic) bond motifs is 1. The number of rotatable bonds is 8. The third kappa shape index (κ3) is 5.32. The van der Waals surface area contributed by atoms with E-state index in [1.807, 2.05) is 24.3 Å². The topological polar surface area (TPSA) is 75.2 Å². The number of nitrogens with zero attached hydrogens (tertiary/aromatic N) is 4. The van der Waals surface area contributed by atoms with Crippen LogP contribution in [0.1, 0.15) is 12.8 Å². The minimum absolute atomic E-state index is 0.0421. The molecule has 2 N–H and O–H groups in total. The van der Waals surface area contributed by atoms with Crippen LogP contribution in [0, 0.1) is 5.82 Å². The molecule has 0 radical (unpaired) electrons. The molecular formula is C23H22ClFN6OS. The molecule has 170 valence electrons. The van der Waals surface area contributed by atoms with Crippen LogP contribution >= 0.6 is 22.9 Å². The van der Waals surface area contributed by atoms with Crippen LogP contribution in [-0.4, -0.2) is 46.1 Å². The van der Waals surface area contributed by atoms with Crippen molar-refractivity contribution in [1.29, 1.82) is 0 Å². The number of benzene rings is 2. The Bertz CT molecular complexity index is 1250. The van der Waals surface area contributed by atoms with Gasteiger partial charge in [-0.25, -0.2) is 14.4 Å². The zero-order valence-corrected chi connectivity index (χ0v) is 19.3. The van der Waals surface area contributed by atoms with Crippen molar-refractivity contribution in [2.45, 2.75) is 12.8 Å². The second kappa shape index (κ2) is 9.86. The van der Waals surface area contributed by atoms with Gasteiger partial charge in [-0.05, 0) is 68.4 Å². The maximum atomic E-state index is 13.4. The summed E-state index contributed by atoms with van der Waals surface area (Å²) in [7, 11) is 0. The van der Waals surface area contributed by atoms with Crippen LogP contribution in [0.25, 0.3) is 10.3 Å². The van der Waals surface area contributed by atoms with Crippen molar-refractivity contribution >= 4 is 55.6 Å². The van der Waals surface area contributed by atoms with E-state index >= 15 is 0 Å². The number of likely N-dealkylation sites (tertiary alicyclic amines) is 1. The highest BCUT2D eigenvalue weighted by molar-refractivity contribution is 7.22. The maximum absolute atomic E-state index is 13.4. The maximum Gasteiger partial charge on any atom is 0.189 e. The predicted molar refractivity (Wildman–Crippen MR) is 131 cm³/mol. The van der Waals surface area contributed by atoms with Gasteiger partial charge in [-0.2, -0.15) is 4.98 Å². The minimum Gasteiger partial charge on any atom is -0.492 e. The van der Waals surface area contributed by atoms with Gasteiger partial charge < -0.3 is 15.4 Å². The van der Waals surface area contributed by atoms with Crippen LogP contribution in [0.2, 0.25) is 5.02 Å². The molecule has 0 atom stereocenters. The van der Waals surface area contributed by atoms with E-state index in [-0.39, 0.29) is 5.02 Å². The van der Waals surface area contributed by atoms with Crippen molar-refractivity contribution in [3.05, 3.63) is 59.6 Å².